The molecule has 0 N–H and O–H groups in total. The SMILES string of the molecule is CSc1sccc1S(=O)(=O)c1cccc(-c2ccccc2)c1. The van der Waals surface area contributed by atoms with Crippen molar-refractivity contribution in [3.63, 3.8) is 0 Å². The molecular weight excluding hydrogens is 332 g/mol. The average Bonchev–Trinajstić information content (AvgIpc) is 3.05. The van der Waals surface area contributed by atoms with Crippen LogP contribution in [0.15, 0.2) is 80.0 Å². The van der Waals surface area contributed by atoms with Crippen LogP contribution in [0.25, 0.3) is 11.1 Å². The van der Waals surface area contributed by atoms with Gasteiger partial charge in [0.25, 0.3) is 0 Å². The van der Waals surface area contributed by atoms with Crippen LogP contribution in [-0.2, 0) is 9.84 Å². The van der Waals surface area contributed by atoms with E-state index >= 15 is 0 Å². The zero-order valence-corrected chi connectivity index (χ0v) is 14.3. The minimum Gasteiger partial charge on any atom is -0.218 e. The summed E-state index contributed by atoms with van der Waals surface area (Å²) in [6.07, 6.45) is 1.89. The predicted octanol–water partition coefficient (Wildman–Crippen LogP) is 4.97. The summed E-state index contributed by atoms with van der Waals surface area (Å²) in [5, 5.41) is 1.82. The van der Waals surface area contributed by atoms with Gasteiger partial charge < -0.3 is 0 Å². The van der Waals surface area contributed by atoms with Gasteiger partial charge in [0.05, 0.1) is 14.0 Å². The minimum absolute atomic E-state index is 0.336. The van der Waals surface area contributed by atoms with Crippen molar-refractivity contribution in [1.29, 1.82) is 0 Å². The Morgan fingerprint density at radius 3 is 2.36 bits per heavy atom. The molecule has 0 unspecified atom stereocenters. The van der Waals surface area contributed by atoms with Crippen LogP contribution in [0.1, 0.15) is 0 Å². The van der Waals surface area contributed by atoms with Gasteiger partial charge in [0.2, 0.25) is 9.84 Å². The Hall–Kier alpha value is -1.56. The maximum absolute atomic E-state index is 12.9. The molecule has 22 heavy (non-hydrogen) atoms. The van der Waals surface area contributed by atoms with E-state index in [0.29, 0.717) is 9.79 Å². The van der Waals surface area contributed by atoms with E-state index in [1.54, 1.807) is 24.3 Å². The Bertz CT molecular complexity index is 881. The highest BCUT2D eigenvalue weighted by Gasteiger charge is 2.22. The molecule has 0 radical (unpaired) electrons. The highest BCUT2D eigenvalue weighted by Crippen LogP contribution is 2.35. The summed E-state index contributed by atoms with van der Waals surface area (Å²) in [7, 11) is -3.48. The largest absolute Gasteiger partial charge is 0.218 e. The van der Waals surface area contributed by atoms with Gasteiger partial charge >= 0.3 is 0 Å². The third-order valence-electron chi connectivity index (χ3n) is 3.32. The van der Waals surface area contributed by atoms with E-state index in [9.17, 15) is 8.42 Å². The van der Waals surface area contributed by atoms with Crippen LogP contribution in [0.4, 0.5) is 0 Å². The van der Waals surface area contributed by atoms with Crippen molar-refractivity contribution in [2.75, 3.05) is 6.26 Å². The van der Waals surface area contributed by atoms with E-state index in [1.807, 2.05) is 48.0 Å². The molecule has 2 nitrogen and oxygen atoms in total. The standard InChI is InChI=1S/C17H14O2S3/c1-20-17-16(10-11-21-17)22(18,19)15-9-5-8-14(12-15)13-6-3-2-4-7-13/h2-12H,1H3. The van der Waals surface area contributed by atoms with Gasteiger partial charge in [-0.1, -0.05) is 42.5 Å². The summed E-state index contributed by atoms with van der Waals surface area (Å²) in [6.45, 7) is 0. The van der Waals surface area contributed by atoms with Gasteiger partial charge in [-0.3, -0.25) is 0 Å². The van der Waals surface area contributed by atoms with Crippen molar-refractivity contribution in [2.45, 2.75) is 14.0 Å². The molecule has 5 heteroatoms. The van der Waals surface area contributed by atoms with Crippen molar-refractivity contribution < 1.29 is 8.42 Å². The van der Waals surface area contributed by atoms with Crippen molar-refractivity contribution in [3.8, 4) is 11.1 Å². The molecule has 0 atom stereocenters. The predicted molar refractivity (Wildman–Crippen MR) is 93.4 cm³/mol. The fourth-order valence-electron chi connectivity index (χ4n) is 2.23. The second-order valence-corrected chi connectivity index (χ2v) is 8.58. The van der Waals surface area contributed by atoms with Crippen molar-refractivity contribution >= 4 is 32.9 Å². The third-order valence-corrected chi connectivity index (χ3v) is 7.46. The molecule has 0 aliphatic carbocycles. The Balaban J connectivity index is 2.09. The van der Waals surface area contributed by atoms with Crippen molar-refractivity contribution in [2.24, 2.45) is 0 Å². The summed E-state index contributed by atoms with van der Waals surface area (Å²) in [5.41, 5.74) is 1.91. The molecule has 0 aliphatic heterocycles. The van der Waals surface area contributed by atoms with Gasteiger partial charge in [-0.25, -0.2) is 8.42 Å². The van der Waals surface area contributed by atoms with E-state index in [4.69, 9.17) is 0 Å². The molecule has 0 saturated heterocycles. The molecular formula is C17H14O2S3. The second-order valence-electron chi connectivity index (χ2n) is 4.67. The lowest BCUT2D eigenvalue weighted by molar-refractivity contribution is 0.595. The molecule has 0 bridgehead atoms. The van der Waals surface area contributed by atoms with Gasteiger partial charge in [-0.15, -0.1) is 23.1 Å². The van der Waals surface area contributed by atoms with Gasteiger partial charge in [-0.05, 0) is 41.0 Å². The molecule has 0 aliphatic rings. The Kier molecular flexibility index (Phi) is 4.38. The number of hydrogen-bond acceptors (Lipinski definition) is 4. The Morgan fingerprint density at radius 2 is 1.64 bits per heavy atom. The molecule has 0 saturated carbocycles. The summed E-state index contributed by atoms with van der Waals surface area (Å²) < 4.78 is 26.5. The maximum atomic E-state index is 12.9. The van der Waals surface area contributed by atoms with Crippen LogP contribution < -0.4 is 0 Å². The van der Waals surface area contributed by atoms with Crippen LogP contribution in [0.5, 0.6) is 0 Å². The van der Waals surface area contributed by atoms with E-state index < -0.39 is 9.84 Å². The number of thiophene rings is 1. The van der Waals surface area contributed by atoms with E-state index in [0.717, 1.165) is 15.3 Å². The first-order valence-electron chi connectivity index (χ1n) is 6.65. The van der Waals surface area contributed by atoms with Crippen LogP contribution in [0.3, 0.4) is 0 Å². The maximum Gasteiger partial charge on any atom is 0.208 e. The van der Waals surface area contributed by atoms with E-state index in [2.05, 4.69) is 0 Å². The molecule has 1 heterocycles. The van der Waals surface area contributed by atoms with Gasteiger partial charge in [0.15, 0.2) is 0 Å². The van der Waals surface area contributed by atoms with E-state index in [1.165, 1.54) is 23.1 Å². The van der Waals surface area contributed by atoms with Crippen LogP contribution in [0.2, 0.25) is 0 Å². The summed E-state index contributed by atoms with van der Waals surface area (Å²) >= 11 is 2.92. The van der Waals surface area contributed by atoms with Gasteiger partial charge in [-0.2, -0.15) is 0 Å². The molecule has 2 aromatic carbocycles. The van der Waals surface area contributed by atoms with E-state index in [-0.39, 0.29) is 0 Å². The molecule has 1 aromatic heterocycles. The zero-order valence-electron chi connectivity index (χ0n) is 11.9. The smallest absolute Gasteiger partial charge is 0.208 e. The van der Waals surface area contributed by atoms with Crippen LogP contribution in [-0.4, -0.2) is 14.7 Å². The van der Waals surface area contributed by atoms with Crippen LogP contribution in [0, 0.1) is 0 Å². The lowest BCUT2D eigenvalue weighted by Gasteiger charge is -2.07. The first kappa shape index (κ1) is 15.3. The lowest BCUT2D eigenvalue weighted by atomic mass is 10.1. The molecule has 112 valence electrons. The van der Waals surface area contributed by atoms with Gasteiger partial charge in [0, 0.05) is 0 Å². The molecule has 0 spiro atoms. The molecule has 0 fully saturated rings. The number of hydrogen-bond donors (Lipinski definition) is 0. The van der Waals surface area contributed by atoms with Gasteiger partial charge in [0.1, 0.15) is 0 Å². The highest BCUT2D eigenvalue weighted by molar-refractivity contribution is 8.01. The minimum atomic E-state index is -3.48. The summed E-state index contributed by atoms with van der Waals surface area (Å²) in [5.74, 6) is 0. The number of rotatable bonds is 4. The monoisotopic (exact) mass is 346 g/mol. The van der Waals surface area contributed by atoms with Crippen molar-refractivity contribution in [3.05, 3.63) is 66.0 Å². The summed E-state index contributed by atoms with van der Waals surface area (Å²) in [4.78, 5) is 0.734. The topological polar surface area (TPSA) is 34.1 Å². The lowest BCUT2D eigenvalue weighted by Crippen LogP contribution is -2.01. The fraction of sp³-hybridized carbons (Fsp3) is 0.0588. The number of benzene rings is 2. The molecule has 0 amide bonds. The summed E-state index contributed by atoms with van der Waals surface area (Å²) in [6, 6.07) is 18.6. The molecule has 3 rings (SSSR count). The zero-order chi connectivity index (χ0) is 15.6. The quantitative estimate of drug-likeness (QED) is 0.626. The number of thioether (sulfide) groups is 1. The Morgan fingerprint density at radius 1 is 0.909 bits per heavy atom. The first-order chi connectivity index (χ1) is 10.6. The fourth-order valence-corrected chi connectivity index (χ4v) is 5.96. The molecule has 3 aromatic rings. The highest BCUT2D eigenvalue weighted by atomic mass is 32.2. The average molecular weight is 346 g/mol. The van der Waals surface area contributed by atoms with Crippen LogP contribution >= 0.6 is 23.1 Å². The first-order valence-corrected chi connectivity index (χ1v) is 10.2. The number of sulfone groups is 1. The Labute approximate surface area is 138 Å². The third kappa shape index (κ3) is 2.84. The normalized spacial score (nSPS) is 11.5. The van der Waals surface area contributed by atoms with Crippen molar-refractivity contribution in [1.82, 2.24) is 0 Å². The second kappa shape index (κ2) is 6.28.